The molecule has 1 heterocycles. The summed E-state index contributed by atoms with van der Waals surface area (Å²) in [6, 6.07) is 6.52. The molecule has 0 spiro atoms. The van der Waals surface area contributed by atoms with Crippen LogP contribution in [0, 0.1) is 15.3 Å². The van der Waals surface area contributed by atoms with Crippen molar-refractivity contribution >= 4 is 33.5 Å². The lowest BCUT2D eigenvalue weighted by Crippen LogP contribution is -1.97. The standard InChI is InChI=1S/C16H13F2IN2O2/c1-2-5-22-14-8-10(7-12-15(14)16(19)21-20-12)23-13-4-3-9(17)6-11(13)18/h3-4,6-8H,2,5H2,1H3,(H,20,21). The van der Waals surface area contributed by atoms with Crippen LogP contribution >= 0.6 is 22.6 Å². The predicted molar refractivity (Wildman–Crippen MR) is 91.0 cm³/mol. The van der Waals surface area contributed by atoms with Gasteiger partial charge < -0.3 is 9.47 Å². The van der Waals surface area contributed by atoms with E-state index in [1.54, 1.807) is 12.1 Å². The van der Waals surface area contributed by atoms with Crippen LogP contribution in [-0.4, -0.2) is 16.8 Å². The second-order valence-corrected chi connectivity index (χ2v) is 5.96. The third-order valence-electron chi connectivity index (χ3n) is 3.13. The summed E-state index contributed by atoms with van der Waals surface area (Å²) in [6.07, 6.45) is 0.855. The minimum Gasteiger partial charge on any atom is -0.493 e. The first-order valence-corrected chi connectivity index (χ1v) is 8.09. The topological polar surface area (TPSA) is 47.1 Å². The van der Waals surface area contributed by atoms with Crippen molar-refractivity contribution in [2.24, 2.45) is 0 Å². The average Bonchev–Trinajstić information content (AvgIpc) is 2.89. The highest BCUT2D eigenvalue weighted by Crippen LogP contribution is 2.35. The third-order valence-corrected chi connectivity index (χ3v) is 3.91. The predicted octanol–water partition coefficient (Wildman–Crippen LogP) is 5.03. The number of H-pyrrole nitrogens is 1. The van der Waals surface area contributed by atoms with Crippen molar-refractivity contribution < 1.29 is 18.3 Å². The third kappa shape index (κ3) is 3.39. The summed E-state index contributed by atoms with van der Waals surface area (Å²) >= 11 is 2.13. The van der Waals surface area contributed by atoms with Crippen molar-refractivity contribution in [2.75, 3.05) is 6.61 Å². The molecular weight excluding hydrogens is 417 g/mol. The maximum absolute atomic E-state index is 13.7. The van der Waals surface area contributed by atoms with Crippen LogP contribution in [0.3, 0.4) is 0 Å². The SMILES string of the molecule is CCCOc1cc(Oc2ccc(F)cc2F)cc2n[nH]c(I)c12. The quantitative estimate of drug-likeness (QED) is 0.578. The van der Waals surface area contributed by atoms with E-state index in [0.29, 0.717) is 23.6 Å². The molecule has 0 saturated carbocycles. The highest BCUT2D eigenvalue weighted by atomic mass is 127. The first kappa shape index (κ1) is 16.0. The van der Waals surface area contributed by atoms with E-state index in [-0.39, 0.29) is 5.75 Å². The fourth-order valence-electron chi connectivity index (χ4n) is 2.12. The van der Waals surface area contributed by atoms with Gasteiger partial charge in [0.15, 0.2) is 11.6 Å². The average molecular weight is 430 g/mol. The summed E-state index contributed by atoms with van der Waals surface area (Å²) < 4.78 is 38.8. The molecule has 1 aromatic heterocycles. The minimum atomic E-state index is -0.766. The Morgan fingerprint density at radius 2 is 2.00 bits per heavy atom. The highest BCUT2D eigenvalue weighted by Gasteiger charge is 2.14. The van der Waals surface area contributed by atoms with Gasteiger partial charge in [-0.15, -0.1) is 0 Å². The molecule has 0 amide bonds. The van der Waals surface area contributed by atoms with Crippen molar-refractivity contribution in [3.63, 3.8) is 0 Å². The molecule has 4 nitrogen and oxygen atoms in total. The molecule has 1 N–H and O–H groups in total. The Labute approximate surface area is 144 Å². The summed E-state index contributed by atoms with van der Waals surface area (Å²) in [5, 5.41) is 7.91. The van der Waals surface area contributed by atoms with Crippen LogP contribution in [0.25, 0.3) is 10.9 Å². The highest BCUT2D eigenvalue weighted by molar-refractivity contribution is 14.1. The lowest BCUT2D eigenvalue weighted by Gasteiger charge is -2.11. The number of halogens is 3. The molecule has 0 aliphatic heterocycles. The zero-order chi connectivity index (χ0) is 16.4. The number of nitrogens with one attached hydrogen (secondary N) is 1. The van der Waals surface area contributed by atoms with Gasteiger partial charge >= 0.3 is 0 Å². The van der Waals surface area contributed by atoms with E-state index in [0.717, 1.165) is 27.6 Å². The van der Waals surface area contributed by atoms with E-state index in [1.807, 2.05) is 6.92 Å². The van der Waals surface area contributed by atoms with Crippen LogP contribution in [-0.2, 0) is 0 Å². The molecule has 0 atom stereocenters. The molecule has 0 radical (unpaired) electrons. The summed E-state index contributed by atoms with van der Waals surface area (Å²) in [4.78, 5) is 0. The van der Waals surface area contributed by atoms with Gasteiger partial charge in [-0.2, -0.15) is 5.10 Å². The molecule has 0 aliphatic rings. The molecule has 0 aliphatic carbocycles. The molecular formula is C16H13F2IN2O2. The Morgan fingerprint density at radius 1 is 1.17 bits per heavy atom. The van der Waals surface area contributed by atoms with Crippen LogP contribution < -0.4 is 9.47 Å². The number of benzene rings is 2. The number of aromatic nitrogens is 2. The Bertz CT molecular complexity index is 851. The van der Waals surface area contributed by atoms with Crippen LogP contribution in [0.4, 0.5) is 8.78 Å². The maximum Gasteiger partial charge on any atom is 0.168 e. The number of ether oxygens (including phenoxy) is 2. The lowest BCUT2D eigenvalue weighted by molar-refractivity contribution is 0.319. The zero-order valence-corrected chi connectivity index (χ0v) is 14.4. The molecule has 7 heteroatoms. The van der Waals surface area contributed by atoms with E-state index in [4.69, 9.17) is 9.47 Å². The second-order valence-electron chi connectivity index (χ2n) is 4.88. The van der Waals surface area contributed by atoms with Crippen molar-refractivity contribution in [3.05, 3.63) is 45.7 Å². The van der Waals surface area contributed by atoms with Gasteiger partial charge in [0.1, 0.15) is 26.5 Å². The summed E-state index contributed by atoms with van der Waals surface area (Å²) in [7, 11) is 0. The fraction of sp³-hybridized carbons (Fsp3) is 0.188. The molecule has 120 valence electrons. The second kappa shape index (κ2) is 6.69. The molecule has 2 aromatic carbocycles. The van der Waals surface area contributed by atoms with Gasteiger partial charge in [-0.1, -0.05) is 6.92 Å². The largest absolute Gasteiger partial charge is 0.493 e. The molecule has 3 aromatic rings. The number of fused-ring (bicyclic) bond motifs is 1. The van der Waals surface area contributed by atoms with Crippen molar-refractivity contribution in [2.45, 2.75) is 13.3 Å². The van der Waals surface area contributed by atoms with Crippen molar-refractivity contribution in [1.29, 1.82) is 0 Å². The van der Waals surface area contributed by atoms with Gasteiger partial charge in [-0.25, -0.2) is 8.78 Å². The van der Waals surface area contributed by atoms with E-state index in [2.05, 4.69) is 32.8 Å². The molecule has 0 fully saturated rings. The van der Waals surface area contributed by atoms with Crippen LogP contribution in [0.5, 0.6) is 17.2 Å². The van der Waals surface area contributed by atoms with Crippen LogP contribution in [0.1, 0.15) is 13.3 Å². The van der Waals surface area contributed by atoms with Gasteiger partial charge in [-0.05, 0) is 41.1 Å². The van der Waals surface area contributed by atoms with Crippen molar-refractivity contribution in [1.82, 2.24) is 10.2 Å². The maximum atomic E-state index is 13.7. The van der Waals surface area contributed by atoms with Gasteiger partial charge in [0.25, 0.3) is 0 Å². The molecule has 23 heavy (non-hydrogen) atoms. The Balaban J connectivity index is 2.00. The number of rotatable bonds is 5. The van der Waals surface area contributed by atoms with Gasteiger partial charge in [-0.3, -0.25) is 5.10 Å². The minimum absolute atomic E-state index is 0.0579. The Kier molecular flexibility index (Phi) is 4.65. The molecule has 0 bridgehead atoms. The number of hydrogen-bond donors (Lipinski definition) is 1. The summed E-state index contributed by atoms with van der Waals surface area (Å²) in [6.45, 7) is 2.55. The Morgan fingerprint density at radius 3 is 2.74 bits per heavy atom. The summed E-state index contributed by atoms with van der Waals surface area (Å²) in [5.41, 5.74) is 0.653. The molecule has 3 rings (SSSR count). The van der Waals surface area contributed by atoms with E-state index in [1.165, 1.54) is 6.07 Å². The fourth-order valence-corrected chi connectivity index (χ4v) is 2.78. The van der Waals surface area contributed by atoms with E-state index in [9.17, 15) is 8.78 Å². The monoisotopic (exact) mass is 430 g/mol. The van der Waals surface area contributed by atoms with Gasteiger partial charge in [0.2, 0.25) is 0 Å². The smallest absolute Gasteiger partial charge is 0.168 e. The molecule has 0 unspecified atom stereocenters. The zero-order valence-electron chi connectivity index (χ0n) is 12.2. The van der Waals surface area contributed by atoms with E-state index >= 15 is 0 Å². The number of hydrogen-bond acceptors (Lipinski definition) is 3. The van der Waals surface area contributed by atoms with Crippen molar-refractivity contribution in [3.8, 4) is 17.2 Å². The normalized spacial score (nSPS) is 11.0. The summed E-state index contributed by atoms with van der Waals surface area (Å²) in [5.74, 6) is -0.494. The van der Waals surface area contributed by atoms with Gasteiger partial charge in [0.05, 0.1) is 12.0 Å². The molecule has 0 saturated heterocycles. The van der Waals surface area contributed by atoms with Crippen LogP contribution in [0.15, 0.2) is 30.3 Å². The first-order chi connectivity index (χ1) is 11.1. The Hall–Kier alpha value is -1.90. The van der Waals surface area contributed by atoms with Gasteiger partial charge in [0, 0.05) is 18.2 Å². The number of nitrogens with zero attached hydrogens (tertiary/aromatic N) is 1. The first-order valence-electron chi connectivity index (χ1n) is 7.02. The van der Waals surface area contributed by atoms with Crippen LogP contribution in [0.2, 0.25) is 0 Å². The lowest BCUT2D eigenvalue weighted by atomic mass is 10.2. The number of aromatic amines is 1. The van der Waals surface area contributed by atoms with E-state index < -0.39 is 11.6 Å².